The Hall–Kier alpha value is -2.02. The molecule has 0 atom stereocenters. The van der Waals surface area contributed by atoms with Crippen LogP contribution in [-0.2, 0) is 4.79 Å². The predicted molar refractivity (Wildman–Crippen MR) is 126 cm³/mol. The molecule has 3 aromatic carbocycles. The van der Waals surface area contributed by atoms with Crippen molar-refractivity contribution in [2.75, 3.05) is 12.4 Å². The lowest BCUT2D eigenvalue weighted by atomic mass is 9.98. The third-order valence-electron chi connectivity index (χ3n) is 4.04. The van der Waals surface area contributed by atoms with Crippen LogP contribution in [0.3, 0.4) is 0 Å². The van der Waals surface area contributed by atoms with E-state index in [1.54, 1.807) is 17.8 Å². The van der Waals surface area contributed by atoms with E-state index in [1.165, 1.54) is 11.1 Å². The largest absolute Gasteiger partial charge is 0.481 e. The van der Waals surface area contributed by atoms with Gasteiger partial charge in [-0.25, -0.2) is 4.79 Å². The molecule has 0 aliphatic heterocycles. The van der Waals surface area contributed by atoms with Crippen molar-refractivity contribution < 1.29 is 14.6 Å². The Morgan fingerprint density at radius 1 is 0.966 bits per heavy atom. The summed E-state index contributed by atoms with van der Waals surface area (Å²) in [7, 11) is 0. The highest BCUT2D eigenvalue weighted by Crippen LogP contribution is 2.33. The number of carbonyl (C=O) groups is 1. The molecule has 0 spiro atoms. The van der Waals surface area contributed by atoms with Gasteiger partial charge < -0.3 is 9.84 Å². The van der Waals surface area contributed by atoms with Crippen LogP contribution in [0.15, 0.2) is 92.7 Å². The minimum Gasteiger partial charge on any atom is -0.481 e. The first-order chi connectivity index (χ1) is 14.0. The zero-order valence-electron chi connectivity index (χ0n) is 15.3. The predicted octanol–water partition coefficient (Wildman–Crippen LogP) is 6.90. The molecule has 29 heavy (non-hydrogen) atoms. The lowest BCUT2D eigenvalue weighted by molar-refractivity contribution is -0.139. The van der Waals surface area contributed by atoms with E-state index in [0.717, 1.165) is 25.2 Å². The number of benzene rings is 3. The van der Waals surface area contributed by atoms with Crippen LogP contribution in [0.4, 0.5) is 0 Å². The van der Waals surface area contributed by atoms with Crippen LogP contribution < -0.4 is 4.74 Å². The van der Waals surface area contributed by atoms with Gasteiger partial charge in [0, 0.05) is 15.1 Å². The van der Waals surface area contributed by atoms with E-state index in [-0.39, 0.29) is 6.61 Å². The molecule has 6 heteroatoms. The van der Waals surface area contributed by atoms with Gasteiger partial charge >= 0.3 is 5.97 Å². The zero-order valence-corrected chi connectivity index (χ0v) is 19.3. The van der Waals surface area contributed by atoms with Crippen LogP contribution in [0.2, 0.25) is 0 Å². The number of ether oxygens (including phenoxy) is 1. The molecular formula is C23H18Br2O3S. The Morgan fingerprint density at radius 2 is 1.69 bits per heavy atom. The molecule has 1 N–H and O–H groups in total. The number of aliphatic carboxylic acids is 1. The topological polar surface area (TPSA) is 46.5 Å². The number of thioether (sulfide) groups is 1. The van der Waals surface area contributed by atoms with Gasteiger partial charge in [0.2, 0.25) is 0 Å². The summed E-state index contributed by atoms with van der Waals surface area (Å²) in [5, 5.41) is 8.74. The third-order valence-corrected chi connectivity index (χ3v) is 6.27. The maximum absolute atomic E-state index is 10.7. The summed E-state index contributed by atoms with van der Waals surface area (Å²) < 4.78 is 7.05. The average Bonchev–Trinajstić information content (AvgIpc) is 2.72. The van der Waals surface area contributed by atoms with Crippen molar-refractivity contribution in [2.45, 2.75) is 4.90 Å². The van der Waals surface area contributed by atoms with Crippen LogP contribution in [-0.4, -0.2) is 23.4 Å². The molecule has 0 heterocycles. The standard InChI is InChI=1S/C23H18Br2O3S/c24-20-9-5-4-8-19(20)18(16-6-2-1-3-7-16)12-13-29-17-10-11-22(21(25)14-17)28-15-23(26)27/h1-12,14H,13,15H2,(H,26,27)/b18-12-. The fourth-order valence-electron chi connectivity index (χ4n) is 2.73. The van der Waals surface area contributed by atoms with E-state index < -0.39 is 5.97 Å². The first kappa shape index (κ1) is 21.7. The van der Waals surface area contributed by atoms with Gasteiger partial charge in [-0.1, -0.05) is 70.5 Å². The van der Waals surface area contributed by atoms with Crippen molar-refractivity contribution in [1.29, 1.82) is 0 Å². The number of hydrogen-bond acceptors (Lipinski definition) is 3. The molecule has 3 nitrogen and oxygen atoms in total. The van der Waals surface area contributed by atoms with Crippen LogP contribution in [0.5, 0.6) is 5.75 Å². The van der Waals surface area contributed by atoms with Crippen molar-refractivity contribution in [2.24, 2.45) is 0 Å². The molecule has 3 rings (SSSR count). The molecule has 0 amide bonds. The van der Waals surface area contributed by atoms with Gasteiger partial charge in [0.25, 0.3) is 0 Å². The maximum atomic E-state index is 10.7. The summed E-state index contributed by atoms with van der Waals surface area (Å²) in [6, 6.07) is 24.2. The highest BCUT2D eigenvalue weighted by Gasteiger charge is 2.09. The van der Waals surface area contributed by atoms with Crippen molar-refractivity contribution in [1.82, 2.24) is 0 Å². The second-order valence-corrected chi connectivity index (χ2v) is 8.85. The normalized spacial score (nSPS) is 11.3. The SMILES string of the molecule is O=C(O)COc1ccc(SC/C=C(/c2ccccc2)c2ccccc2Br)cc1Br. The average molecular weight is 534 g/mol. The minimum absolute atomic E-state index is 0.361. The molecule has 3 aromatic rings. The van der Waals surface area contributed by atoms with Gasteiger partial charge in [0.15, 0.2) is 6.61 Å². The van der Waals surface area contributed by atoms with Crippen molar-refractivity contribution in [3.8, 4) is 5.75 Å². The fourth-order valence-corrected chi connectivity index (χ4v) is 4.68. The Bertz CT molecular complexity index is 1020. The van der Waals surface area contributed by atoms with Gasteiger partial charge in [0.05, 0.1) is 4.47 Å². The number of halogens is 2. The summed E-state index contributed by atoms with van der Waals surface area (Å²) in [4.78, 5) is 11.7. The molecule has 0 saturated carbocycles. The summed E-state index contributed by atoms with van der Waals surface area (Å²) >= 11 is 8.81. The molecule has 0 aliphatic rings. The molecule has 0 unspecified atom stereocenters. The smallest absolute Gasteiger partial charge is 0.341 e. The number of carboxylic acid groups (broad SMARTS) is 1. The summed E-state index contributed by atoms with van der Waals surface area (Å²) in [6.07, 6.45) is 2.23. The summed E-state index contributed by atoms with van der Waals surface area (Å²) in [5.74, 6) is 0.305. The van der Waals surface area contributed by atoms with Crippen LogP contribution in [0.25, 0.3) is 5.57 Å². The number of rotatable bonds is 8. The molecule has 0 fully saturated rings. The van der Waals surface area contributed by atoms with Gasteiger partial charge in [0.1, 0.15) is 5.75 Å². The van der Waals surface area contributed by atoms with E-state index in [0.29, 0.717) is 5.75 Å². The minimum atomic E-state index is -0.999. The first-order valence-corrected chi connectivity index (χ1v) is 11.4. The van der Waals surface area contributed by atoms with Crippen molar-refractivity contribution in [3.63, 3.8) is 0 Å². The fraction of sp³-hybridized carbons (Fsp3) is 0.0870. The lowest BCUT2D eigenvalue weighted by Crippen LogP contribution is -2.09. The van der Waals surface area contributed by atoms with E-state index in [1.807, 2.05) is 48.5 Å². The lowest BCUT2D eigenvalue weighted by Gasteiger charge is -2.11. The Balaban J connectivity index is 1.78. The monoisotopic (exact) mass is 532 g/mol. The van der Waals surface area contributed by atoms with Crippen LogP contribution in [0, 0.1) is 0 Å². The summed E-state index contributed by atoms with van der Waals surface area (Å²) in [5.41, 5.74) is 3.49. The van der Waals surface area contributed by atoms with Crippen LogP contribution in [0.1, 0.15) is 11.1 Å². The Morgan fingerprint density at radius 3 is 2.38 bits per heavy atom. The van der Waals surface area contributed by atoms with Gasteiger partial charge in [-0.05, 0) is 56.9 Å². The van der Waals surface area contributed by atoms with Gasteiger partial charge in [-0.2, -0.15) is 0 Å². The Kier molecular flexibility index (Phi) is 7.98. The molecule has 0 aromatic heterocycles. The van der Waals surface area contributed by atoms with E-state index in [9.17, 15) is 4.79 Å². The zero-order chi connectivity index (χ0) is 20.6. The van der Waals surface area contributed by atoms with E-state index in [2.05, 4.69) is 56.1 Å². The van der Waals surface area contributed by atoms with E-state index in [4.69, 9.17) is 9.84 Å². The summed E-state index contributed by atoms with van der Waals surface area (Å²) in [6.45, 7) is -0.361. The second kappa shape index (κ2) is 10.7. The van der Waals surface area contributed by atoms with Gasteiger partial charge in [-0.3, -0.25) is 0 Å². The quantitative estimate of drug-likeness (QED) is 0.320. The Labute approximate surface area is 191 Å². The van der Waals surface area contributed by atoms with E-state index >= 15 is 0 Å². The molecule has 0 saturated heterocycles. The highest BCUT2D eigenvalue weighted by molar-refractivity contribution is 9.10. The molecule has 0 radical (unpaired) electrons. The van der Waals surface area contributed by atoms with Gasteiger partial charge in [-0.15, -0.1) is 11.8 Å². The number of hydrogen-bond donors (Lipinski definition) is 1. The van der Waals surface area contributed by atoms with Crippen molar-refractivity contribution in [3.05, 3.63) is 98.9 Å². The number of carboxylic acids is 1. The molecule has 0 aliphatic carbocycles. The first-order valence-electron chi connectivity index (χ1n) is 8.82. The molecule has 0 bridgehead atoms. The second-order valence-electron chi connectivity index (χ2n) is 6.05. The molecule has 148 valence electrons. The molecular weight excluding hydrogens is 516 g/mol. The highest BCUT2D eigenvalue weighted by atomic mass is 79.9. The van der Waals surface area contributed by atoms with Crippen LogP contribution >= 0.6 is 43.6 Å². The maximum Gasteiger partial charge on any atom is 0.341 e. The third kappa shape index (κ3) is 6.23. The van der Waals surface area contributed by atoms with Crippen molar-refractivity contribution >= 4 is 55.2 Å².